The Labute approximate surface area is 425 Å². The predicted molar refractivity (Wildman–Crippen MR) is 299 cm³/mol. The highest BCUT2D eigenvalue weighted by atomic mass is 15.1. The SMILES string of the molecule is CC(C)[C@H](C)Cc1ccccc1-c1nccn1-c1c(C2CCCCC2)cccc1C1CCCCC1.CC(C)c1cc(-c2ccccc2)cc(C(C)C)c1-n1ccnc1-c1ccc2c(c1)-c1ccccc1C2. The molecule has 0 unspecified atom stereocenters. The molecule has 2 aromatic heterocycles. The van der Waals surface area contributed by atoms with Crippen LogP contribution in [0.5, 0.6) is 0 Å². The molecule has 0 amide bonds. The molecule has 364 valence electrons. The van der Waals surface area contributed by atoms with Gasteiger partial charge in [0.05, 0.1) is 11.4 Å². The monoisotopic (exact) mass is 937 g/mol. The van der Waals surface area contributed by atoms with Gasteiger partial charge in [0.1, 0.15) is 11.6 Å². The van der Waals surface area contributed by atoms with Gasteiger partial charge in [0.15, 0.2) is 0 Å². The van der Waals surface area contributed by atoms with Crippen molar-refractivity contribution in [3.05, 3.63) is 191 Å². The molecule has 4 nitrogen and oxygen atoms in total. The molecule has 71 heavy (non-hydrogen) atoms. The lowest BCUT2D eigenvalue weighted by molar-refractivity contribution is 0.417. The third-order valence-corrected chi connectivity index (χ3v) is 16.5. The van der Waals surface area contributed by atoms with Crippen molar-refractivity contribution in [1.82, 2.24) is 19.1 Å². The fourth-order valence-corrected chi connectivity index (χ4v) is 12.1. The summed E-state index contributed by atoms with van der Waals surface area (Å²) in [5.74, 6) is 5.55. The largest absolute Gasteiger partial charge is 0.299 e. The van der Waals surface area contributed by atoms with Gasteiger partial charge in [0, 0.05) is 35.9 Å². The molecule has 8 aromatic rings. The molecule has 2 saturated carbocycles. The second-order valence-corrected chi connectivity index (χ2v) is 22.2. The van der Waals surface area contributed by atoms with Crippen molar-refractivity contribution >= 4 is 0 Å². The van der Waals surface area contributed by atoms with Gasteiger partial charge in [-0.15, -0.1) is 0 Å². The number of para-hydroxylation sites is 1. The van der Waals surface area contributed by atoms with Gasteiger partial charge in [-0.25, -0.2) is 9.97 Å². The maximum atomic E-state index is 5.01. The molecule has 1 atom stereocenters. The average molecular weight is 937 g/mol. The molecular weight excluding hydrogens is 861 g/mol. The lowest BCUT2D eigenvalue weighted by Crippen LogP contribution is -2.15. The fourth-order valence-electron chi connectivity index (χ4n) is 12.1. The Balaban J connectivity index is 0.000000164. The summed E-state index contributed by atoms with van der Waals surface area (Å²) in [7, 11) is 0. The topological polar surface area (TPSA) is 35.6 Å². The van der Waals surface area contributed by atoms with Crippen molar-refractivity contribution in [2.75, 3.05) is 0 Å². The first-order valence-electron chi connectivity index (χ1n) is 27.4. The maximum absolute atomic E-state index is 5.01. The molecule has 3 aliphatic rings. The van der Waals surface area contributed by atoms with Crippen molar-refractivity contribution in [3.8, 4) is 56.4 Å². The zero-order valence-electron chi connectivity index (χ0n) is 43.7. The molecular formula is C67H76N4. The van der Waals surface area contributed by atoms with Crippen LogP contribution in [0.25, 0.3) is 56.4 Å². The van der Waals surface area contributed by atoms with Crippen LogP contribution in [0.1, 0.15) is 175 Å². The van der Waals surface area contributed by atoms with Gasteiger partial charge in [-0.05, 0) is 153 Å². The molecule has 3 aliphatic carbocycles. The van der Waals surface area contributed by atoms with E-state index in [0.29, 0.717) is 35.5 Å². The standard InChI is InChI=1S/C34H32N2.C33H44N2/c1-22(2)30-20-28(24-10-6-5-7-11-24)21-31(23(3)4)33(30)36-17-16-35-34(36)27-15-14-26-18-25-12-8-9-13-29(25)32(26)19-27;1-24(2)25(3)23-28-17-10-11-18-31(28)33-34-21-22-35(33)32-29(26-13-6-4-7-14-26)19-12-20-30(32)27-15-8-5-9-16-27/h5-17,19-23H,18H2,1-4H3;10-12,17-22,24-27H,4-9,13-16,23H2,1-3H3/t;25-/m.1/s1. The summed E-state index contributed by atoms with van der Waals surface area (Å²) < 4.78 is 4.80. The Kier molecular flexibility index (Phi) is 14.7. The van der Waals surface area contributed by atoms with Gasteiger partial charge in [-0.1, -0.05) is 196 Å². The van der Waals surface area contributed by atoms with Gasteiger partial charge < -0.3 is 0 Å². The van der Waals surface area contributed by atoms with E-state index in [0.717, 1.165) is 30.1 Å². The highest BCUT2D eigenvalue weighted by Crippen LogP contribution is 2.45. The smallest absolute Gasteiger partial charge is 0.144 e. The second kappa shape index (κ2) is 21.6. The Morgan fingerprint density at radius 3 is 1.63 bits per heavy atom. The molecule has 6 aromatic carbocycles. The summed E-state index contributed by atoms with van der Waals surface area (Å²) >= 11 is 0. The Bertz CT molecular complexity index is 2990. The molecule has 0 bridgehead atoms. The molecule has 2 fully saturated rings. The first kappa shape index (κ1) is 48.4. The summed E-state index contributed by atoms with van der Waals surface area (Å²) in [5.41, 5.74) is 20.5. The first-order valence-corrected chi connectivity index (χ1v) is 27.4. The molecule has 0 spiro atoms. The van der Waals surface area contributed by atoms with E-state index >= 15 is 0 Å². The minimum absolute atomic E-state index is 0.378. The molecule has 0 saturated heterocycles. The summed E-state index contributed by atoms with van der Waals surface area (Å²) in [6, 6.07) is 47.3. The third kappa shape index (κ3) is 10.1. The van der Waals surface area contributed by atoms with Crippen LogP contribution < -0.4 is 0 Å². The Morgan fingerprint density at radius 2 is 1.01 bits per heavy atom. The number of aromatic nitrogens is 4. The van der Waals surface area contributed by atoms with Gasteiger partial charge in [0.25, 0.3) is 0 Å². The van der Waals surface area contributed by atoms with Crippen LogP contribution in [0.4, 0.5) is 0 Å². The highest BCUT2D eigenvalue weighted by molar-refractivity contribution is 5.81. The highest BCUT2D eigenvalue weighted by Gasteiger charge is 2.28. The van der Waals surface area contributed by atoms with Crippen LogP contribution >= 0.6 is 0 Å². The van der Waals surface area contributed by atoms with E-state index in [9.17, 15) is 0 Å². The summed E-state index contributed by atoms with van der Waals surface area (Å²) in [4.78, 5) is 9.90. The van der Waals surface area contributed by atoms with Crippen LogP contribution in [0.3, 0.4) is 0 Å². The van der Waals surface area contributed by atoms with Gasteiger partial charge in [-0.3, -0.25) is 9.13 Å². The van der Waals surface area contributed by atoms with Crippen molar-refractivity contribution in [2.24, 2.45) is 11.8 Å². The van der Waals surface area contributed by atoms with E-state index in [1.54, 1.807) is 11.1 Å². The number of fused-ring (bicyclic) bond motifs is 3. The van der Waals surface area contributed by atoms with Crippen molar-refractivity contribution < 1.29 is 0 Å². The number of rotatable bonds is 12. The summed E-state index contributed by atoms with van der Waals surface area (Å²) in [6.45, 7) is 16.2. The van der Waals surface area contributed by atoms with E-state index in [4.69, 9.17) is 9.97 Å². The van der Waals surface area contributed by atoms with Crippen molar-refractivity contribution in [2.45, 2.75) is 149 Å². The van der Waals surface area contributed by atoms with Crippen LogP contribution in [0, 0.1) is 11.8 Å². The zero-order valence-corrected chi connectivity index (χ0v) is 43.7. The maximum Gasteiger partial charge on any atom is 0.144 e. The number of imidazole rings is 2. The van der Waals surface area contributed by atoms with Crippen molar-refractivity contribution in [1.29, 1.82) is 0 Å². The Morgan fingerprint density at radius 1 is 0.465 bits per heavy atom. The average Bonchev–Trinajstić information content (AvgIpc) is 4.19. The van der Waals surface area contributed by atoms with Gasteiger partial charge in [-0.2, -0.15) is 0 Å². The lowest BCUT2D eigenvalue weighted by Gasteiger charge is -2.30. The summed E-state index contributed by atoms with van der Waals surface area (Å²) in [5, 5.41) is 0. The molecule has 0 N–H and O–H groups in total. The molecule has 11 rings (SSSR count). The molecule has 2 heterocycles. The van der Waals surface area contributed by atoms with E-state index in [2.05, 4.69) is 197 Å². The fraction of sp³-hybridized carbons (Fsp3) is 0.373. The minimum atomic E-state index is 0.378. The van der Waals surface area contributed by atoms with Gasteiger partial charge >= 0.3 is 0 Å². The number of benzene rings is 6. The lowest BCUT2D eigenvalue weighted by atomic mass is 9.78. The predicted octanol–water partition coefficient (Wildman–Crippen LogP) is 18.5. The molecule has 0 aliphatic heterocycles. The molecule has 0 radical (unpaired) electrons. The van der Waals surface area contributed by atoms with E-state index in [1.807, 2.05) is 12.4 Å². The second-order valence-electron chi connectivity index (χ2n) is 22.2. The third-order valence-electron chi connectivity index (χ3n) is 16.5. The quantitative estimate of drug-likeness (QED) is 0.122. The number of nitrogens with zero attached hydrogens (tertiary/aromatic N) is 4. The minimum Gasteiger partial charge on any atom is -0.299 e. The van der Waals surface area contributed by atoms with Crippen molar-refractivity contribution in [3.63, 3.8) is 0 Å². The normalized spacial score (nSPS) is 15.5. The zero-order chi connectivity index (χ0) is 49.0. The van der Waals surface area contributed by atoms with Crippen LogP contribution in [0.2, 0.25) is 0 Å². The van der Waals surface area contributed by atoms with E-state index in [-0.39, 0.29) is 0 Å². The van der Waals surface area contributed by atoms with Crippen LogP contribution in [-0.2, 0) is 12.8 Å². The first-order chi connectivity index (χ1) is 34.6. The summed E-state index contributed by atoms with van der Waals surface area (Å²) in [6.07, 6.45) is 24.0. The van der Waals surface area contributed by atoms with E-state index < -0.39 is 0 Å². The number of hydrogen-bond acceptors (Lipinski definition) is 2. The Hall–Kier alpha value is -6.26. The van der Waals surface area contributed by atoms with Gasteiger partial charge in [0.2, 0.25) is 0 Å². The van der Waals surface area contributed by atoms with E-state index in [1.165, 1.54) is 131 Å². The number of hydrogen-bond donors (Lipinski definition) is 0. The van der Waals surface area contributed by atoms with Crippen LogP contribution in [0.15, 0.2) is 152 Å². The molecule has 4 heteroatoms. The van der Waals surface area contributed by atoms with Crippen LogP contribution in [-0.4, -0.2) is 19.1 Å².